The fourth-order valence-electron chi connectivity index (χ4n) is 6.57. The number of nitrogens with zero attached hydrogens (tertiary/aromatic N) is 1. The van der Waals surface area contributed by atoms with Crippen molar-refractivity contribution in [2.75, 3.05) is 0 Å². The fraction of sp³-hybridized carbons (Fsp3) is 0.552. The number of hydrogen-bond donors (Lipinski definition) is 3. The van der Waals surface area contributed by atoms with Crippen LogP contribution in [-0.4, -0.2) is 34.1 Å². The number of pyridine rings is 1. The van der Waals surface area contributed by atoms with Gasteiger partial charge in [-0.3, -0.25) is 14.6 Å². The second kappa shape index (κ2) is 10.9. The first-order valence-electron chi connectivity index (χ1n) is 13.0. The third-order valence-corrected chi connectivity index (χ3v) is 8.67. The van der Waals surface area contributed by atoms with E-state index in [9.17, 15) is 14.7 Å². The Morgan fingerprint density at radius 3 is 2.54 bits per heavy atom. The molecule has 35 heavy (non-hydrogen) atoms. The van der Waals surface area contributed by atoms with E-state index in [4.69, 9.17) is 0 Å². The van der Waals surface area contributed by atoms with Gasteiger partial charge in [-0.1, -0.05) is 57.2 Å². The van der Waals surface area contributed by atoms with Crippen LogP contribution in [0.15, 0.2) is 54.7 Å². The van der Waals surface area contributed by atoms with Crippen molar-refractivity contribution in [2.45, 2.75) is 71.6 Å². The first kappa shape index (κ1) is 25.4. The smallest absolute Gasteiger partial charge is 0.224 e. The van der Waals surface area contributed by atoms with Crippen LogP contribution in [0.4, 0.5) is 0 Å². The van der Waals surface area contributed by atoms with Crippen LogP contribution < -0.4 is 10.6 Å². The quantitative estimate of drug-likeness (QED) is 0.564. The molecule has 6 heteroatoms. The number of benzene rings is 1. The fourth-order valence-corrected chi connectivity index (χ4v) is 6.57. The van der Waals surface area contributed by atoms with Gasteiger partial charge in [-0.2, -0.15) is 0 Å². The summed E-state index contributed by atoms with van der Waals surface area (Å²) in [5.41, 5.74) is 1.85. The van der Waals surface area contributed by atoms with E-state index < -0.39 is 6.10 Å². The zero-order valence-electron chi connectivity index (χ0n) is 21.1. The highest BCUT2D eigenvalue weighted by atomic mass is 16.3. The minimum Gasteiger partial charge on any atom is -0.392 e. The molecule has 188 valence electrons. The highest BCUT2D eigenvalue weighted by Gasteiger charge is 2.53. The summed E-state index contributed by atoms with van der Waals surface area (Å²) >= 11 is 0. The van der Waals surface area contributed by atoms with E-state index in [2.05, 4.69) is 29.5 Å². The summed E-state index contributed by atoms with van der Waals surface area (Å²) in [6, 6.07) is 15.5. The van der Waals surface area contributed by atoms with Crippen molar-refractivity contribution >= 4 is 11.8 Å². The molecule has 2 saturated carbocycles. The molecule has 0 unspecified atom stereocenters. The summed E-state index contributed by atoms with van der Waals surface area (Å²) in [6.07, 6.45) is 5.24. The molecule has 2 aliphatic carbocycles. The van der Waals surface area contributed by atoms with E-state index in [0.29, 0.717) is 13.0 Å². The van der Waals surface area contributed by atoms with E-state index >= 15 is 0 Å². The Hall–Kier alpha value is -2.73. The number of fused-ring (bicyclic) bond motifs is 1. The lowest BCUT2D eigenvalue weighted by molar-refractivity contribution is -0.143. The van der Waals surface area contributed by atoms with Gasteiger partial charge in [0.05, 0.1) is 24.8 Å². The van der Waals surface area contributed by atoms with Gasteiger partial charge in [-0.05, 0) is 66.5 Å². The van der Waals surface area contributed by atoms with Gasteiger partial charge in [-0.15, -0.1) is 0 Å². The lowest BCUT2D eigenvalue weighted by atomic mass is 9.51. The molecule has 4 rings (SSSR count). The molecule has 1 heterocycles. The van der Waals surface area contributed by atoms with Gasteiger partial charge in [0.1, 0.15) is 0 Å². The Balaban J connectivity index is 1.39. The molecule has 2 amide bonds. The number of rotatable bonds is 7. The summed E-state index contributed by atoms with van der Waals surface area (Å²) in [6.45, 7) is 6.76. The van der Waals surface area contributed by atoms with Gasteiger partial charge in [0.25, 0.3) is 0 Å². The Morgan fingerprint density at radius 1 is 1.11 bits per heavy atom. The van der Waals surface area contributed by atoms with Crippen molar-refractivity contribution in [2.24, 2.45) is 29.1 Å². The molecule has 2 aromatic rings. The Morgan fingerprint density at radius 2 is 1.83 bits per heavy atom. The number of amides is 2. The van der Waals surface area contributed by atoms with E-state index in [0.717, 1.165) is 36.9 Å². The van der Waals surface area contributed by atoms with Crippen molar-refractivity contribution in [1.82, 2.24) is 15.6 Å². The SMILES string of the molecule is C[C@H]1[C@@H]2[C@@H](O)[C@H]([C@H](C)C(=O)NCc3ccccn3)CC[C@@]2(C)CC[C@@H]1NC(=O)Cc1ccccc1. The van der Waals surface area contributed by atoms with Gasteiger partial charge in [-0.25, -0.2) is 0 Å². The zero-order chi connectivity index (χ0) is 25.0. The van der Waals surface area contributed by atoms with Crippen molar-refractivity contribution in [1.29, 1.82) is 0 Å². The maximum Gasteiger partial charge on any atom is 0.224 e. The maximum atomic E-state index is 13.0. The number of nitrogens with one attached hydrogen (secondary N) is 2. The largest absolute Gasteiger partial charge is 0.392 e. The number of carbonyl (C=O) groups is 2. The molecule has 0 saturated heterocycles. The maximum absolute atomic E-state index is 13.0. The molecular formula is C29H39N3O3. The molecule has 2 fully saturated rings. The van der Waals surface area contributed by atoms with Crippen LogP contribution in [0.25, 0.3) is 0 Å². The van der Waals surface area contributed by atoms with Gasteiger partial charge in [0.2, 0.25) is 11.8 Å². The Kier molecular flexibility index (Phi) is 7.90. The lowest BCUT2D eigenvalue weighted by Gasteiger charge is -2.56. The van der Waals surface area contributed by atoms with Crippen LogP contribution in [0.3, 0.4) is 0 Å². The molecule has 0 aliphatic heterocycles. The number of aliphatic hydroxyl groups excluding tert-OH is 1. The number of carbonyl (C=O) groups excluding carboxylic acids is 2. The normalized spacial score (nSPS) is 31.1. The lowest BCUT2D eigenvalue weighted by Crippen LogP contribution is -2.58. The molecule has 2 aliphatic rings. The van der Waals surface area contributed by atoms with Crippen molar-refractivity contribution in [3.05, 3.63) is 66.0 Å². The van der Waals surface area contributed by atoms with E-state index in [1.807, 2.05) is 55.5 Å². The second-order valence-corrected chi connectivity index (χ2v) is 10.9. The molecule has 7 atom stereocenters. The third kappa shape index (κ3) is 5.75. The predicted molar refractivity (Wildman–Crippen MR) is 136 cm³/mol. The number of aliphatic hydroxyl groups is 1. The summed E-state index contributed by atoms with van der Waals surface area (Å²) in [5.74, 6) is -0.227. The van der Waals surface area contributed by atoms with E-state index in [1.165, 1.54) is 0 Å². The van der Waals surface area contributed by atoms with Gasteiger partial charge in [0, 0.05) is 18.2 Å². The van der Waals surface area contributed by atoms with E-state index in [1.54, 1.807) is 6.20 Å². The van der Waals surface area contributed by atoms with Crippen molar-refractivity contribution in [3.8, 4) is 0 Å². The average molecular weight is 478 g/mol. The first-order chi connectivity index (χ1) is 16.8. The highest BCUT2D eigenvalue weighted by Crippen LogP contribution is 2.55. The van der Waals surface area contributed by atoms with Crippen molar-refractivity contribution in [3.63, 3.8) is 0 Å². The number of aromatic nitrogens is 1. The summed E-state index contributed by atoms with van der Waals surface area (Å²) in [4.78, 5) is 30.0. The molecule has 3 N–H and O–H groups in total. The molecule has 1 aromatic carbocycles. The average Bonchev–Trinajstić information content (AvgIpc) is 2.85. The van der Waals surface area contributed by atoms with Gasteiger partial charge < -0.3 is 15.7 Å². The van der Waals surface area contributed by atoms with Crippen LogP contribution >= 0.6 is 0 Å². The Labute approximate surface area is 208 Å². The molecule has 6 nitrogen and oxygen atoms in total. The van der Waals surface area contributed by atoms with Crippen LogP contribution in [0.1, 0.15) is 57.7 Å². The standard InChI is InChI=1S/C29H39N3O3/c1-19(28(35)31-18-22-11-7-8-16-30-22)23-12-14-29(3)15-13-24(20(2)26(29)27(23)34)32-25(33)17-21-9-5-4-6-10-21/h4-11,16,19-20,23-24,26-27,34H,12-15,17-18H2,1-3H3,(H,31,35)(H,32,33)/t19-,20+,23-,24-,26+,27-,29-/m0/s1. The topological polar surface area (TPSA) is 91.3 Å². The van der Waals surface area contributed by atoms with Crippen LogP contribution in [-0.2, 0) is 22.6 Å². The molecular weight excluding hydrogens is 438 g/mol. The Bertz CT molecular complexity index is 999. The van der Waals surface area contributed by atoms with Crippen LogP contribution in [0, 0.1) is 29.1 Å². The first-order valence-corrected chi connectivity index (χ1v) is 13.0. The second-order valence-electron chi connectivity index (χ2n) is 10.9. The summed E-state index contributed by atoms with van der Waals surface area (Å²) in [5, 5.41) is 17.8. The summed E-state index contributed by atoms with van der Waals surface area (Å²) < 4.78 is 0. The van der Waals surface area contributed by atoms with E-state index in [-0.39, 0.29) is 46.9 Å². The summed E-state index contributed by atoms with van der Waals surface area (Å²) in [7, 11) is 0. The number of hydrogen-bond acceptors (Lipinski definition) is 4. The van der Waals surface area contributed by atoms with Crippen LogP contribution in [0.5, 0.6) is 0 Å². The third-order valence-electron chi connectivity index (χ3n) is 8.67. The zero-order valence-corrected chi connectivity index (χ0v) is 21.1. The molecule has 0 bridgehead atoms. The van der Waals surface area contributed by atoms with Gasteiger partial charge >= 0.3 is 0 Å². The van der Waals surface area contributed by atoms with Crippen LogP contribution in [0.2, 0.25) is 0 Å². The monoisotopic (exact) mass is 477 g/mol. The minimum absolute atomic E-state index is 0.0279. The molecule has 0 radical (unpaired) electrons. The predicted octanol–water partition coefficient (Wildman–Crippen LogP) is 3.88. The molecule has 0 spiro atoms. The van der Waals surface area contributed by atoms with Crippen molar-refractivity contribution < 1.29 is 14.7 Å². The minimum atomic E-state index is -0.576. The molecule has 1 aromatic heterocycles. The van der Waals surface area contributed by atoms with Gasteiger partial charge in [0.15, 0.2) is 0 Å². The highest BCUT2D eigenvalue weighted by molar-refractivity contribution is 5.79.